The first-order valence-corrected chi connectivity index (χ1v) is 4.04. The van der Waals surface area contributed by atoms with Crippen molar-refractivity contribution >= 4 is 11.8 Å². The van der Waals surface area contributed by atoms with Gasteiger partial charge in [0.1, 0.15) is 0 Å². The van der Waals surface area contributed by atoms with Gasteiger partial charge in [0.25, 0.3) is 0 Å². The van der Waals surface area contributed by atoms with E-state index in [0.717, 1.165) is 0 Å². The van der Waals surface area contributed by atoms with Crippen LogP contribution in [0.4, 0.5) is 0 Å². The number of hydrogen-bond acceptors (Lipinski definition) is 2. The highest BCUT2D eigenvalue weighted by Crippen LogP contribution is 1.75. The average Bonchev–Trinajstić information content (AvgIpc) is 2.15. The lowest BCUT2D eigenvalue weighted by Crippen LogP contribution is -2.18. The minimum absolute atomic E-state index is 0. The monoisotopic (exact) mass is 216 g/mol. The van der Waals surface area contributed by atoms with Crippen LogP contribution in [-0.4, -0.2) is 55.3 Å². The van der Waals surface area contributed by atoms with E-state index in [2.05, 4.69) is 13.2 Å². The Labute approximate surface area is 91.0 Å². The molecule has 2 N–H and O–H groups in total. The van der Waals surface area contributed by atoms with E-state index in [4.69, 9.17) is 0 Å². The summed E-state index contributed by atoms with van der Waals surface area (Å²) in [5.41, 5.74) is 0. The third-order valence-corrected chi connectivity index (χ3v) is 1.23. The first-order chi connectivity index (χ1) is 6.36. The van der Waals surface area contributed by atoms with E-state index in [0.29, 0.717) is 0 Å². The van der Waals surface area contributed by atoms with Gasteiger partial charge in [-0.05, 0) is 12.2 Å². The van der Waals surface area contributed by atoms with Gasteiger partial charge in [-0.25, -0.2) is 0 Å². The second-order valence-corrected chi connectivity index (χ2v) is 2.87. The van der Waals surface area contributed by atoms with E-state index < -0.39 is 0 Å². The third kappa shape index (κ3) is 12.4. The molecule has 15 heavy (non-hydrogen) atoms. The smallest absolute Gasteiger partial charge is 0.245 e. The standard InChI is InChI=1S/2C5H9NO.H2O/c2*1-4-5(7)6(2)3;/h2*4H,1H2,2-3H3;1H2. The minimum atomic E-state index is -0.0556. The largest absolute Gasteiger partial charge is 0.412 e. The summed E-state index contributed by atoms with van der Waals surface area (Å²) in [6.45, 7) is 6.58. The topological polar surface area (TPSA) is 72.1 Å². The molecule has 0 heterocycles. The number of carbonyl (C=O) groups excluding carboxylic acids is 2. The fourth-order valence-electron chi connectivity index (χ4n) is 0.365. The average molecular weight is 216 g/mol. The second kappa shape index (κ2) is 10.5. The lowest BCUT2D eigenvalue weighted by molar-refractivity contribution is -0.124. The van der Waals surface area contributed by atoms with Crippen molar-refractivity contribution < 1.29 is 15.1 Å². The third-order valence-electron chi connectivity index (χ3n) is 1.23. The van der Waals surface area contributed by atoms with Crippen molar-refractivity contribution in [2.75, 3.05) is 28.2 Å². The zero-order valence-corrected chi connectivity index (χ0v) is 9.78. The van der Waals surface area contributed by atoms with E-state index >= 15 is 0 Å². The number of hydrogen-bond donors (Lipinski definition) is 0. The summed E-state index contributed by atoms with van der Waals surface area (Å²) in [6, 6.07) is 0. The first-order valence-electron chi connectivity index (χ1n) is 4.04. The molecule has 0 fully saturated rings. The predicted molar refractivity (Wildman–Crippen MR) is 61.4 cm³/mol. The molecule has 5 nitrogen and oxygen atoms in total. The molecular formula is C10H20N2O3. The Hall–Kier alpha value is -1.62. The summed E-state index contributed by atoms with van der Waals surface area (Å²) in [4.78, 5) is 23.6. The lowest BCUT2D eigenvalue weighted by atomic mass is 10.5. The lowest BCUT2D eigenvalue weighted by Gasteiger charge is -2.03. The number of carbonyl (C=O) groups is 2. The fraction of sp³-hybridized carbons (Fsp3) is 0.400. The molecule has 2 amide bonds. The summed E-state index contributed by atoms with van der Waals surface area (Å²) in [6.07, 6.45) is 2.56. The summed E-state index contributed by atoms with van der Waals surface area (Å²) >= 11 is 0. The van der Waals surface area contributed by atoms with Crippen molar-refractivity contribution in [1.29, 1.82) is 0 Å². The van der Waals surface area contributed by atoms with Gasteiger partial charge in [0.2, 0.25) is 11.8 Å². The van der Waals surface area contributed by atoms with Crippen LogP contribution in [0.15, 0.2) is 25.3 Å². The van der Waals surface area contributed by atoms with Crippen LogP contribution in [0.1, 0.15) is 0 Å². The molecule has 0 saturated heterocycles. The Bertz CT molecular complexity index is 199. The number of rotatable bonds is 2. The molecular weight excluding hydrogens is 196 g/mol. The quantitative estimate of drug-likeness (QED) is 0.594. The molecule has 0 aromatic heterocycles. The maximum atomic E-state index is 10.3. The van der Waals surface area contributed by atoms with Gasteiger partial charge in [-0.15, -0.1) is 0 Å². The molecule has 0 aromatic rings. The van der Waals surface area contributed by atoms with Crippen LogP contribution < -0.4 is 0 Å². The van der Waals surface area contributed by atoms with Crippen molar-refractivity contribution in [2.45, 2.75) is 0 Å². The zero-order valence-electron chi connectivity index (χ0n) is 9.78. The van der Waals surface area contributed by atoms with Gasteiger partial charge in [-0.3, -0.25) is 9.59 Å². The molecule has 0 aromatic carbocycles. The van der Waals surface area contributed by atoms with Crippen LogP contribution in [0.25, 0.3) is 0 Å². The molecule has 0 atom stereocenters. The van der Waals surface area contributed by atoms with Crippen LogP contribution in [-0.2, 0) is 9.59 Å². The van der Waals surface area contributed by atoms with E-state index in [9.17, 15) is 9.59 Å². The molecule has 0 saturated carbocycles. The molecule has 5 heteroatoms. The summed E-state index contributed by atoms with van der Waals surface area (Å²) in [7, 11) is 6.74. The zero-order chi connectivity index (χ0) is 11.7. The van der Waals surface area contributed by atoms with E-state index in [1.54, 1.807) is 28.2 Å². The number of likely N-dealkylation sites (N-methyl/N-ethyl adjacent to an activating group) is 2. The van der Waals surface area contributed by atoms with Crippen LogP contribution >= 0.6 is 0 Å². The van der Waals surface area contributed by atoms with E-state index in [-0.39, 0.29) is 17.3 Å². The van der Waals surface area contributed by atoms with Gasteiger partial charge in [-0.1, -0.05) is 13.2 Å². The van der Waals surface area contributed by atoms with Gasteiger partial charge in [0, 0.05) is 28.2 Å². The van der Waals surface area contributed by atoms with E-state index in [1.165, 1.54) is 22.0 Å². The van der Waals surface area contributed by atoms with Crippen LogP contribution in [0.2, 0.25) is 0 Å². The number of amides is 2. The summed E-state index contributed by atoms with van der Waals surface area (Å²) in [5, 5.41) is 0. The van der Waals surface area contributed by atoms with Gasteiger partial charge >= 0.3 is 0 Å². The Kier molecular flexibility index (Phi) is 13.3. The van der Waals surface area contributed by atoms with Crippen LogP contribution in [0.3, 0.4) is 0 Å². The van der Waals surface area contributed by atoms with E-state index in [1.807, 2.05) is 0 Å². The maximum absolute atomic E-state index is 10.3. The van der Waals surface area contributed by atoms with Crippen LogP contribution in [0.5, 0.6) is 0 Å². The molecule has 0 aliphatic carbocycles. The predicted octanol–water partition coefficient (Wildman–Crippen LogP) is -0.303. The fourth-order valence-corrected chi connectivity index (χ4v) is 0.365. The molecule has 0 unspecified atom stereocenters. The normalized spacial score (nSPS) is 7.20. The van der Waals surface area contributed by atoms with Crippen molar-refractivity contribution in [3.8, 4) is 0 Å². The second-order valence-electron chi connectivity index (χ2n) is 2.87. The molecule has 0 aliphatic rings. The highest BCUT2D eigenvalue weighted by atomic mass is 16.2. The molecule has 0 aliphatic heterocycles. The van der Waals surface area contributed by atoms with Crippen molar-refractivity contribution in [3.63, 3.8) is 0 Å². The summed E-state index contributed by atoms with van der Waals surface area (Å²) < 4.78 is 0. The van der Waals surface area contributed by atoms with Gasteiger partial charge in [0.15, 0.2) is 0 Å². The Morgan fingerprint density at radius 2 is 1.07 bits per heavy atom. The van der Waals surface area contributed by atoms with Crippen molar-refractivity contribution in [1.82, 2.24) is 9.80 Å². The highest BCUT2D eigenvalue weighted by Gasteiger charge is 1.92. The Balaban J connectivity index is -0.000000180. The molecule has 0 rings (SSSR count). The first kappa shape index (κ1) is 19.0. The number of nitrogens with zero attached hydrogens (tertiary/aromatic N) is 2. The Morgan fingerprint density at radius 1 is 0.867 bits per heavy atom. The SMILES string of the molecule is C=CC(=O)N(C)C.C=CC(=O)N(C)C.O. The molecule has 0 bridgehead atoms. The van der Waals surface area contributed by atoms with Gasteiger partial charge < -0.3 is 15.3 Å². The van der Waals surface area contributed by atoms with Crippen molar-refractivity contribution in [2.24, 2.45) is 0 Å². The van der Waals surface area contributed by atoms with Crippen molar-refractivity contribution in [3.05, 3.63) is 25.3 Å². The molecule has 0 radical (unpaired) electrons. The minimum Gasteiger partial charge on any atom is -0.412 e. The van der Waals surface area contributed by atoms with Gasteiger partial charge in [-0.2, -0.15) is 0 Å². The van der Waals surface area contributed by atoms with Gasteiger partial charge in [0.05, 0.1) is 0 Å². The maximum Gasteiger partial charge on any atom is 0.245 e. The molecule has 0 spiro atoms. The molecule has 88 valence electrons. The summed E-state index contributed by atoms with van der Waals surface area (Å²) in [5.74, 6) is -0.111. The Morgan fingerprint density at radius 3 is 1.07 bits per heavy atom. The van der Waals surface area contributed by atoms with Crippen LogP contribution in [0, 0.1) is 0 Å². The highest BCUT2D eigenvalue weighted by molar-refractivity contribution is 5.86.